The standard InChI is InChI=1S/C21H23N3O3/c1-14-7-10-19(23-22-14)20(25)16-11-17-8-9-18(12-16)24(17)21(26)27-13-15-5-3-2-4-6-15/h2-7,10,16-18H,8-9,11-13H2,1H3. The lowest BCUT2D eigenvalue weighted by atomic mass is 9.86. The largest absolute Gasteiger partial charge is 0.445 e. The minimum atomic E-state index is -0.271. The van der Waals surface area contributed by atoms with Gasteiger partial charge in [0.1, 0.15) is 12.3 Å². The van der Waals surface area contributed by atoms with Gasteiger partial charge in [0.25, 0.3) is 0 Å². The molecule has 2 fully saturated rings. The molecule has 2 unspecified atom stereocenters. The Bertz CT molecular complexity index is 808. The number of aryl methyl sites for hydroxylation is 1. The quantitative estimate of drug-likeness (QED) is 0.775. The highest BCUT2D eigenvalue weighted by Gasteiger charge is 2.46. The number of rotatable bonds is 4. The summed E-state index contributed by atoms with van der Waals surface area (Å²) >= 11 is 0. The molecular formula is C21H23N3O3. The predicted molar refractivity (Wildman–Crippen MR) is 99.1 cm³/mol. The van der Waals surface area contributed by atoms with Gasteiger partial charge < -0.3 is 9.64 Å². The van der Waals surface area contributed by atoms with Crippen molar-refractivity contribution in [2.45, 2.75) is 51.3 Å². The summed E-state index contributed by atoms with van der Waals surface area (Å²) in [6.07, 6.45) is 2.92. The Morgan fingerprint density at radius 1 is 1.04 bits per heavy atom. The lowest BCUT2D eigenvalue weighted by molar-refractivity contribution is 0.0483. The number of piperidine rings is 1. The lowest BCUT2D eigenvalue weighted by Crippen LogP contribution is -2.48. The van der Waals surface area contributed by atoms with Gasteiger partial charge in [-0.1, -0.05) is 30.3 Å². The van der Waals surface area contributed by atoms with Gasteiger partial charge in [-0.3, -0.25) is 4.79 Å². The molecule has 0 radical (unpaired) electrons. The third-order valence-electron chi connectivity index (χ3n) is 5.57. The highest BCUT2D eigenvalue weighted by molar-refractivity contribution is 5.96. The third kappa shape index (κ3) is 3.70. The molecule has 6 heteroatoms. The van der Waals surface area contributed by atoms with E-state index in [1.54, 1.807) is 6.07 Å². The minimum Gasteiger partial charge on any atom is -0.445 e. The maximum Gasteiger partial charge on any atom is 0.410 e. The van der Waals surface area contributed by atoms with E-state index in [2.05, 4.69) is 10.2 Å². The Balaban J connectivity index is 1.39. The van der Waals surface area contributed by atoms with Crippen LogP contribution in [-0.2, 0) is 11.3 Å². The van der Waals surface area contributed by atoms with Gasteiger partial charge in [-0.15, -0.1) is 5.10 Å². The Morgan fingerprint density at radius 2 is 1.74 bits per heavy atom. The Morgan fingerprint density at radius 3 is 2.37 bits per heavy atom. The highest BCUT2D eigenvalue weighted by Crippen LogP contribution is 2.40. The maximum absolute atomic E-state index is 12.8. The van der Waals surface area contributed by atoms with Crippen molar-refractivity contribution in [2.75, 3.05) is 0 Å². The number of ether oxygens (including phenoxy) is 1. The zero-order chi connectivity index (χ0) is 18.8. The first-order chi connectivity index (χ1) is 13.1. The van der Waals surface area contributed by atoms with Crippen LogP contribution in [0.15, 0.2) is 42.5 Å². The summed E-state index contributed by atoms with van der Waals surface area (Å²) < 4.78 is 5.52. The maximum atomic E-state index is 12.8. The molecule has 140 valence electrons. The van der Waals surface area contributed by atoms with Crippen LogP contribution in [0.4, 0.5) is 4.79 Å². The van der Waals surface area contributed by atoms with Crippen molar-refractivity contribution in [1.82, 2.24) is 15.1 Å². The molecule has 0 aliphatic carbocycles. The molecule has 1 aromatic heterocycles. The number of ketones is 1. The van der Waals surface area contributed by atoms with Gasteiger partial charge in [-0.05, 0) is 50.3 Å². The van der Waals surface area contributed by atoms with Crippen molar-refractivity contribution in [3.63, 3.8) is 0 Å². The van der Waals surface area contributed by atoms with Gasteiger partial charge in [-0.25, -0.2) is 4.79 Å². The fourth-order valence-corrected chi connectivity index (χ4v) is 4.22. The van der Waals surface area contributed by atoms with E-state index in [0.29, 0.717) is 18.5 Å². The second-order valence-corrected chi connectivity index (χ2v) is 7.42. The first-order valence-electron chi connectivity index (χ1n) is 9.45. The molecule has 27 heavy (non-hydrogen) atoms. The summed E-state index contributed by atoms with van der Waals surface area (Å²) in [7, 11) is 0. The molecule has 0 spiro atoms. The number of amides is 1. The summed E-state index contributed by atoms with van der Waals surface area (Å²) in [6, 6.07) is 13.4. The number of fused-ring (bicyclic) bond motifs is 2. The van der Waals surface area contributed by atoms with Crippen LogP contribution in [0.25, 0.3) is 0 Å². The van der Waals surface area contributed by atoms with Crippen LogP contribution in [-0.4, -0.2) is 39.1 Å². The van der Waals surface area contributed by atoms with Gasteiger partial charge in [-0.2, -0.15) is 5.10 Å². The van der Waals surface area contributed by atoms with Crippen LogP contribution < -0.4 is 0 Å². The van der Waals surface area contributed by atoms with Gasteiger partial charge in [0.05, 0.1) is 5.69 Å². The lowest BCUT2D eigenvalue weighted by Gasteiger charge is -2.37. The van der Waals surface area contributed by atoms with Crippen LogP contribution in [0.2, 0.25) is 0 Å². The number of hydrogen-bond donors (Lipinski definition) is 0. The number of aromatic nitrogens is 2. The van der Waals surface area contributed by atoms with Crippen molar-refractivity contribution in [2.24, 2.45) is 5.92 Å². The third-order valence-corrected chi connectivity index (χ3v) is 5.57. The highest BCUT2D eigenvalue weighted by atomic mass is 16.6. The van der Waals surface area contributed by atoms with E-state index in [1.807, 2.05) is 48.2 Å². The zero-order valence-electron chi connectivity index (χ0n) is 15.4. The van der Waals surface area contributed by atoms with Crippen molar-refractivity contribution >= 4 is 11.9 Å². The number of Topliss-reactive ketones (excluding diaryl/α,β-unsaturated/α-hetero) is 1. The predicted octanol–water partition coefficient (Wildman–Crippen LogP) is 3.55. The number of carbonyl (C=O) groups is 2. The van der Waals surface area contributed by atoms with Crippen LogP contribution in [0.5, 0.6) is 0 Å². The summed E-state index contributed by atoms with van der Waals surface area (Å²) in [5.41, 5.74) is 2.19. The van der Waals surface area contributed by atoms with Crippen molar-refractivity contribution in [3.05, 3.63) is 59.4 Å². The van der Waals surface area contributed by atoms with Gasteiger partial charge in [0.2, 0.25) is 0 Å². The summed E-state index contributed by atoms with van der Waals surface area (Å²) in [4.78, 5) is 27.2. The molecule has 2 aliphatic heterocycles. The molecule has 2 aliphatic rings. The van der Waals surface area contributed by atoms with Crippen molar-refractivity contribution in [1.29, 1.82) is 0 Å². The molecule has 1 amide bonds. The number of nitrogens with zero attached hydrogens (tertiary/aromatic N) is 3. The first-order valence-corrected chi connectivity index (χ1v) is 9.45. The second kappa shape index (κ2) is 7.47. The molecule has 1 aromatic carbocycles. The van der Waals surface area contributed by atoms with Crippen LogP contribution >= 0.6 is 0 Å². The number of carbonyl (C=O) groups excluding carboxylic acids is 2. The van der Waals surface area contributed by atoms with Gasteiger partial charge in [0, 0.05) is 18.0 Å². The fraction of sp³-hybridized carbons (Fsp3) is 0.429. The monoisotopic (exact) mass is 365 g/mol. The first kappa shape index (κ1) is 17.6. The minimum absolute atomic E-state index is 0.0386. The van der Waals surface area contributed by atoms with E-state index < -0.39 is 0 Å². The van der Waals surface area contributed by atoms with Crippen molar-refractivity contribution in [3.8, 4) is 0 Å². The number of hydrogen-bond acceptors (Lipinski definition) is 5. The summed E-state index contributed by atoms with van der Waals surface area (Å²) in [5, 5.41) is 8.03. The topological polar surface area (TPSA) is 72.4 Å². The smallest absolute Gasteiger partial charge is 0.410 e. The summed E-state index contributed by atoms with van der Waals surface area (Å²) in [6.45, 7) is 2.12. The molecule has 2 aromatic rings. The normalized spacial score (nSPS) is 23.9. The van der Waals surface area contributed by atoms with E-state index in [9.17, 15) is 9.59 Å². The second-order valence-electron chi connectivity index (χ2n) is 7.42. The van der Waals surface area contributed by atoms with E-state index >= 15 is 0 Å². The Labute approximate surface area is 158 Å². The average molecular weight is 365 g/mol. The molecule has 0 N–H and O–H groups in total. The van der Waals surface area contributed by atoms with Gasteiger partial charge >= 0.3 is 6.09 Å². The molecule has 4 rings (SSSR count). The van der Waals surface area contributed by atoms with Crippen LogP contribution in [0.1, 0.15) is 47.4 Å². The SMILES string of the molecule is Cc1ccc(C(=O)C2CC3CCC(C2)N3C(=O)OCc2ccccc2)nn1. The number of benzene rings is 1. The van der Waals surface area contributed by atoms with E-state index in [-0.39, 0.29) is 36.5 Å². The van der Waals surface area contributed by atoms with E-state index in [1.165, 1.54) is 0 Å². The molecule has 2 atom stereocenters. The van der Waals surface area contributed by atoms with E-state index in [4.69, 9.17) is 4.74 Å². The van der Waals surface area contributed by atoms with Crippen molar-refractivity contribution < 1.29 is 14.3 Å². The molecule has 2 saturated heterocycles. The van der Waals surface area contributed by atoms with E-state index in [0.717, 1.165) is 24.1 Å². The van der Waals surface area contributed by atoms with Gasteiger partial charge in [0.15, 0.2) is 5.78 Å². The molecule has 0 saturated carbocycles. The zero-order valence-corrected chi connectivity index (χ0v) is 15.4. The molecular weight excluding hydrogens is 342 g/mol. The van der Waals surface area contributed by atoms with Crippen LogP contribution in [0, 0.1) is 12.8 Å². The molecule has 6 nitrogen and oxygen atoms in total. The average Bonchev–Trinajstić information content (AvgIpc) is 2.96. The van der Waals surface area contributed by atoms with Crippen LogP contribution in [0.3, 0.4) is 0 Å². The molecule has 2 bridgehead atoms. The Hall–Kier alpha value is -2.76. The fourth-order valence-electron chi connectivity index (χ4n) is 4.22. The summed E-state index contributed by atoms with van der Waals surface area (Å²) in [5.74, 6) is -0.0608. The molecule has 3 heterocycles. The Kier molecular flexibility index (Phi) is 4.88.